The fourth-order valence-electron chi connectivity index (χ4n) is 5.97. The number of aromatic nitrogens is 3. The smallest absolute Gasteiger partial charge is 0.221 e. The van der Waals surface area contributed by atoms with Gasteiger partial charge in [0, 0.05) is 37.9 Å². The maximum Gasteiger partial charge on any atom is 0.221 e. The Morgan fingerprint density at radius 3 is 2.76 bits per heavy atom. The Labute approximate surface area is 221 Å². The van der Waals surface area contributed by atoms with Gasteiger partial charge < -0.3 is 29.8 Å². The van der Waals surface area contributed by atoms with Gasteiger partial charge in [0.1, 0.15) is 0 Å². The molecule has 4 heterocycles. The predicted molar refractivity (Wildman–Crippen MR) is 149 cm³/mol. The number of nitrogens with zero attached hydrogens (tertiary/aromatic N) is 4. The van der Waals surface area contributed by atoms with Crippen LogP contribution in [0.2, 0.25) is 0 Å². The standard InChI is InChI=1S/C29H33N7O2/c1-18-10-11-23(33-19(2)37)28(32-18)34-15-13-26(27(38)17-34)36-25-9-4-3-8-24(25)35(29(36)30)16-20-6-5-7-22-21(20)12-14-31-22/h3-11,26-27,30-31,38H,12-17H2,1-2H3,(H,33,37)/t26?,27-/m0/s1. The summed E-state index contributed by atoms with van der Waals surface area (Å²) in [6, 6.07) is 17.9. The van der Waals surface area contributed by atoms with E-state index >= 15 is 0 Å². The molecule has 2 aromatic carbocycles. The molecular weight excluding hydrogens is 478 g/mol. The number of imidazole rings is 1. The number of rotatable bonds is 5. The zero-order chi connectivity index (χ0) is 26.4. The maximum absolute atomic E-state index is 11.8. The van der Waals surface area contributed by atoms with E-state index in [9.17, 15) is 15.3 Å². The van der Waals surface area contributed by atoms with Crippen molar-refractivity contribution < 1.29 is 9.90 Å². The molecule has 1 fully saturated rings. The van der Waals surface area contributed by atoms with Gasteiger partial charge >= 0.3 is 0 Å². The van der Waals surface area contributed by atoms with E-state index in [1.807, 2.05) is 46.7 Å². The highest BCUT2D eigenvalue weighted by Crippen LogP contribution is 2.32. The molecule has 38 heavy (non-hydrogen) atoms. The summed E-state index contributed by atoms with van der Waals surface area (Å²) in [6.45, 7) is 5.95. The Balaban J connectivity index is 1.33. The second-order valence-corrected chi connectivity index (χ2v) is 10.3. The molecule has 0 aliphatic carbocycles. The molecule has 196 valence electrons. The highest BCUT2D eigenvalue weighted by Gasteiger charge is 2.33. The van der Waals surface area contributed by atoms with Crippen LogP contribution in [0.1, 0.15) is 36.2 Å². The van der Waals surface area contributed by atoms with Crippen molar-refractivity contribution in [1.82, 2.24) is 14.1 Å². The van der Waals surface area contributed by atoms with E-state index in [0.717, 1.165) is 29.7 Å². The van der Waals surface area contributed by atoms with Gasteiger partial charge in [0.15, 0.2) is 5.82 Å². The van der Waals surface area contributed by atoms with Crippen molar-refractivity contribution in [3.05, 3.63) is 77.0 Å². The van der Waals surface area contributed by atoms with E-state index in [0.29, 0.717) is 43.2 Å². The third-order valence-corrected chi connectivity index (χ3v) is 7.71. The number of amides is 1. The van der Waals surface area contributed by atoms with Gasteiger partial charge in [-0.2, -0.15) is 0 Å². The monoisotopic (exact) mass is 511 g/mol. The first-order valence-corrected chi connectivity index (χ1v) is 13.2. The van der Waals surface area contributed by atoms with Crippen molar-refractivity contribution in [2.45, 2.75) is 45.4 Å². The van der Waals surface area contributed by atoms with E-state index in [4.69, 9.17) is 0 Å². The maximum atomic E-state index is 11.8. The fraction of sp³-hybridized carbons (Fsp3) is 0.345. The minimum Gasteiger partial charge on any atom is -0.389 e. The summed E-state index contributed by atoms with van der Waals surface area (Å²) in [6.07, 6.45) is 0.920. The Kier molecular flexibility index (Phi) is 6.15. The lowest BCUT2D eigenvalue weighted by Gasteiger charge is -2.38. The molecule has 0 radical (unpaired) electrons. The number of aryl methyl sites for hydroxylation is 1. The van der Waals surface area contributed by atoms with Gasteiger partial charge in [-0.25, -0.2) is 4.98 Å². The van der Waals surface area contributed by atoms with Gasteiger partial charge in [-0.05, 0) is 61.2 Å². The second kappa shape index (κ2) is 9.64. The molecule has 0 spiro atoms. The summed E-state index contributed by atoms with van der Waals surface area (Å²) in [5, 5.41) is 27.0. The van der Waals surface area contributed by atoms with Crippen LogP contribution in [0, 0.1) is 12.3 Å². The molecule has 2 atom stereocenters. The number of β-amino-alcohol motifs (C(OH)–C–C–N with tert-alkyl or cyclic N) is 1. The SMILES string of the molecule is CC(=O)Nc1ccc(C)nc1N1CCC(n2c(=N)n(Cc3cccc4c3CCN4)c3ccccc32)[C@@H](O)C1. The summed E-state index contributed by atoms with van der Waals surface area (Å²) >= 11 is 0. The van der Waals surface area contributed by atoms with Gasteiger partial charge in [-0.15, -0.1) is 0 Å². The van der Waals surface area contributed by atoms with Crippen LogP contribution < -0.4 is 21.2 Å². The molecule has 4 N–H and O–H groups in total. The second-order valence-electron chi connectivity index (χ2n) is 10.3. The number of aliphatic hydroxyl groups is 1. The van der Waals surface area contributed by atoms with Gasteiger partial charge in [0.05, 0.1) is 35.4 Å². The number of carbonyl (C=O) groups excluding carboxylic acids is 1. The van der Waals surface area contributed by atoms with Gasteiger partial charge in [0.2, 0.25) is 11.5 Å². The molecule has 1 saturated heterocycles. The summed E-state index contributed by atoms with van der Waals surface area (Å²) in [5.41, 5.74) is 7.55. The van der Waals surface area contributed by atoms with Crippen molar-refractivity contribution >= 4 is 34.1 Å². The molecule has 2 aromatic heterocycles. The molecule has 0 saturated carbocycles. The van der Waals surface area contributed by atoms with Gasteiger partial charge in [0.25, 0.3) is 0 Å². The van der Waals surface area contributed by atoms with E-state index in [2.05, 4.69) is 44.5 Å². The average molecular weight is 512 g/mol. The third kappa shape index (κ3) is 4.22. The first-order valence-electron chi connectivity index (χ1n) is 13.2. The van der Waals surface area contributed by atoms with Crippen LogP contribution >= 0.6 is 0 Å². The molecule has 1 unspecified atom stereocenters. The fourth-order valence-corrected chi connectivity index (χ4v) is 5.97. The predicted octanol–water partition coefficient (Wildman–Crippen LogP) is 3.41. The van der Waals surface area contributed by atoms with Crippen LogP contribution in [0.4, 0.5) is 17.2 Å². The Hall–Kier alpha value is -4.11. The van der Waals surface area contributed by atoms with Crippen molar-refractivity contribution in [2.24, 2.45) is 0 Å². The van der Waals surface area contributed by atoms with Crippen LogP contribution in [-0.4, -0.2) is 50.9 Å². The number of fused-ring (bicyclic) bond motifs is 2. The Morgan fingerprint density at radius 1 is 1.16 bits per heavy atom. The summed E-state index contributed by atoms with van der Waals surface area (Å²) in [5.74, 6) is 0.511. The lowest BCUT2D eigenvalue weighted by Crippen LogP contribution is -2.47. The number of hydrogen-bond donors (Lipinski definition) is 4. The first kappa shape index (κ1) is 24.2. The zero-order valence-electron chi connectivity index (χ0n) is 21.7. The number of para-hydroxylation sites is 2. The van der Waals surface area contributed by atoms with Crippen LogP contribution in [-0.2, 0) is 17.8 Å². The van der Waals surface area contributed by atoms with E-state index in [1.54, 1.807) is 0 Å². The summed E-state index contributed by atoms with van der Waals surface area (Å²) in [4.78, 5) is 18.5. The van der Waals surface area contributed by atoms with Crippen LogP contribution in [0.25, 0.3) is 11.0 Å². The number of benzene rings is 2. The summed E-state index contributed by atoms with van der Waals surface area (Å²) in [7, 11) is 0. The molecule has 2 aliphatic rings. The first-order chi connectivity index (χ1) is 18.4. The number of anilines is 3. The van der Waals surface area contributed by atoms with Crippen LogP contribution in [0.3, 0.4) is 0 Å². The topological polar surface area (TPSA) is 111 Å². The Bertz CT molecular complexity index is 1590. The van der Waals surface area contributed by atoms with E-state index in [1.165, 1.54) is 23.7 Å². The van der Waals surface area contributed by atoms with Crippen molar-refractivity contribution in [3.8, 4) is 0 Å². The average Bonchev–Trinajstić information content (AvgIpc) is 3.49. The Morgan fingerprint density at radius 2 is 1.97 bits per heavy atom. The molecule has 1 amide bonds. The molecular formula is C29H33N7O2. The lowest BCUT2D eigenvalue weighted by atomic mass is 10.0. The lowest BCUT2D eigenvalue weighted by molar-refractivity contribution is -0.114. The molecule has 2 aliphatic heterocycles. The van der Waals surface area contributed by atoms with Crippen molar-refractivity contribution in [1.29, 1.82) is 5.41 Å². The number of pyridine rings is 1. The largest absolute Gasteiger partial charge is 0.389 e. The molecule has 0 bridgehead atoms. The van der Waals surface area contributed by atoms with Crippen LogP contribution in [0.15, 0.2) is 54.6 Å². The molecule has 9 heteroatoms. The van der Waals surface area contributed by atoms with Crippen molar-refractivity contribution in [3.63, 3.8) is 0 Å². The molecule has 9 nitrogen and oxygen atoms in total. The molecule has 4 aromatic rings. The van der Waals surface area contributed by atoms with Gasteiger partial charge in [-0.3, -0.25) is 10.2 Å². The number of carbonyl (C=O) groups is 1. The number of nitrogens with one attached hydrogen (secondary N) is 3. The van der Waals surface area contributed by atoms with Gasteiger partial charge in [-0.1, -0.05) is 24.3 Å². The highest BCUT2D eigenvalue weighted by molar-refractivity contribution is 5.92. The summed E-state index contributed by atoms with van der Waals surface area (Å²) < 4.78 is 4.05. The van der Waals surface area contributed by atoms with E-state index < -0.39 is 6.10 Å². The third-order valence-electron chi connectivity index (χ3n) is 7.71. The number of piperidine rings is 1. The minimum atomic E-state index is -0.713. The van der Waals surface area contributed by atoms with E-state index in [-0.39, 0.29) is 11.9 Å². The zero-order valence-corrected chi connectivity index (χ0v) is 21.7. The van der Waals surface area contributed by atoms with Crippen LogP contribution in [0.5, 0.6) is 0 Å². The molecule has 6 rings (SSSR count). The quantitative estimate of drug-likeness (QED) is 0.328. The highest BCUT2D eigenvalue weighted by atomic mass is 16.3. The normalized spacial score (nSPS) is 18.9. The number of hydrogen-bond acceptors (Lipinski definition) is 6. The number of aliphatic hydroxyl groups excluding tert-OH is 1. The minimum absolute atomic E-state index is 0.158. The van der Waals surface area contributed by atoms with Crippen molar-refractivity contribution in [2.75, 3.05) is 35.2 Å².